The third-order valence-corrected chi connectivity index (χ3v) is 2.47. The number of methoxy groups -OCH3 is 1. The Morgan fingerprint density at radius 3 is 2.54 bits per heavy atom. The molecule has 2 nitrogen and oxygen atoms in total. The van der Waals surface area contributed by atoms with Crippen molar-refractivity contribution in [2.75, 3.05) is 13.7 Å². The van der Waals surface area contributed by atoms with E-state index in [2.05, 4.69) is 9.24 Å². The van der Waals surface area contributed by atoms with E-state index in [1.54, 1.807) is 7.11 Å². The molecule has 0 aliphatic carbocycles. The zero-order chi connectivity index (χ0) is 9.84. The molecule has 1 unspecified atom stereocenters. The van der Waals surface area contributed by atoms with E-state index in [9.17, 15) is 0 Å². The van der Waals surface area contributed by atoms with Gasteiger partial charge in [0.25, 0.3) is 0 Å². The van der Waals surface area contributed by atoms with Gasteiger partial charge in [0, 0.05) is 0 Å². The van der Waals surface area contributed by atoms with Crippen molar-refractivity contribution >= 4 is 14.5 Å². The Morgan fingerprint density at radius 2 is 2.00 bits per heavy atom. The van der Waals surface area contributed by atoms with Crippen LogP contribution in [-0.2, 0) is 0 Å². The molecule has 0 saturated carbocycles. The molecule has 13 heavy (non-hydrogen) atoms. The van der Waals surface area contributed by atoms with E-state index in [-0.39, 0.29) is 0 Å². The quantitative estimate of drug-likeness (QED) is 0.690. The SMILES string of the molecule is CCOc1cc(P)c(C)cc1OC. The van der Waals surface area contributed by atoms with E-state index in [0.29, 0.717) is 6.61 Å². The smallest absolute Gasteiger partial charge is 0.161 e. The molecule has 0 aromatic heterocycles. The third kappa shape index (κ3) is 2.35. The molecule has 1 aromatic carbocycles. The molecule has 0 amide bonds. The fourth-order valence-corrected chi connectivity index (χ4v) is 1.34. The van der Waals surface area contributed by atoms with Crippen molar-refractivity contribution in [2.24, 2.45) is 0 Å². The van der Waals surface area contributed by atoms with Crippen molar-refractivity contribution in [1.29, 1.82) is 0 Å². The number of benzene rings is 1. The maximum Gasteiger partial charge on any atom is 0.161 e. The van der Waals surface area contributed by atoms with Gasteiger partial charge in [-0.25, -0.2) is 0 Å². The fourth-order valence-electron chi connectivity index (χ4n) is 1.11. The Hall–Kier alpha value is -0.750. The molecule has 0 aliphatic rings. The van der Waals surface area contributed by atoms with Crippen LogP contribution in [0, 0.1) is 6.92 Å². The van der Waals surface area contributed by atoms with E-state index < -0.39 is 0 Å². The van der Waals surface area contributed by atoms with Gasteiger partial charge >= 0.3 is 0 Å². The highest BCUT2D eigenvalue weighted by molar-refractivity contribution is 7.27. The predicted octanol–water partition coefficient (Wildman–Crippen LogP) is 1.90. The molecule has 1 aromatic rings. The standard InChI is InChI=1S/C10H15O2P/c1-4-12-9-6-10(13)7(2)5-8(9)11-3/h5-6H,4,13H2,1-3H3. The first-order valence-electron chi connectivity index (χ1n) is 4.26. The molecular weight excluding hydrogens is 183 g/mol. The molecular formula is C10H15O2P. The summed E-state index contributed by atoms with van der Waals surface area (Å²) < 4.78 is 10.6. The molecule has 0 saturated heterocycles. The second-order valence-electron chi connectivity index (χ2n) is 2.79. The lowest BCUT2D eigenvalue weighted by molar-refractivity contribution is 0.311. The highest BCUT2D eigenvalue weighted by atomic mass is 31.0. The highest BCUT2D eigenvalue weighted by Gasteiger charge is 2.05. The first-order chi connectivity index (χ1) is 6.19. The van der Waals surface area contributed by atoms with Crippen molar-refractivity contribution in [3.05, 3.63) is 17.7 Å². The monoisotopic (exact) mass is 198 g/mol. The Kier molecular flexibility index (Phi) is 3.56. The molecule has 0 N–H and O–H groups in total. The summed E-state index contributed by atoms with van der Waals surface area (Å²) in [6.45, 7) is 4.66. The molecule has 0 bridgehead atoms. The average Bonchev–Trinajstić information content (AvgIpc) is 2.11. The maximum absolute atomic E-state index is 5.43. The van der Waals surface area contributed by atoms with E-state index in [4.69, 9.17) is 9.47 Å². The lowest BCUT2D eigenvalue weighted by Gasteiger charge is -2.11. The summed E-state index contributed by atoms with van der Waals surface area (Å²) in [6.07, 6.45) is 0. The van der Waals surface area contributed by atoms with E-state index >= 15 is 0 Å². The van der Waals surface area contributed by atoms with Crippen LogP contribution in [0.25, 0.3) is 0 Å². The van der Waals surface area contributed by atoms with Crippen LogP contribution < -0.4 is 14.8 Å². The number of aryl methyl sites for hydroxylation is 1. The number of ether oxygens (including phenoxy) is 2. The normalized spacial score (nSPS) is 9.85. The maximum atomic E-state index is 5.43. The fraction of sp³-hybridized carbons (Fsp3) is 0.400. The van der Waals surface area contributed by atoms with Crippen LogP contribution in [0.15, 0.2) is 12.1 Å². The summed E-state index contributed by atoms with van der Waals surface area (Å²) in [5, 5.41) is 1.14. The number of hydrogen-bond acceptors (Lipinski definition) is 2. The molecule has 0 aliphatic heterocycles. The topological polar surface area (TPSA) is 18.5 Å². The minimum atomic E-state index is 0.656. The summed E-state index contributed by atoms with van der Waals surface area (Å²) in [5.41, 5.74) is 1.19. The van der Waals surface area contributed by atoms with Crippen LogP contribution in [0.2, 0.25) is 0 Å². The van der Waals surface area contributed by atoms with Crippen molar-refractivity contribution in [1.82, 2.24) is 0 Å². The van der Waals surface area contributed by atoms with Crippen molar-refractivity contribution in [3.8, 4) is 11.5 Å². The average molecular weight is 198 g/mol. The zero-order valence-electron chi connectivity index (χ0n) is 8.26. The van der Waals surface area contributed by atoms with E-state index in [1.807, 2.05) is 26.0 Å². The Bertz CT molecular complexity index is 297. The van der Waals surface area contributed by atoms with E-state index in [1.165, 1.54) is 5.56 Å². The zero-order valence-corrected chi connectivity index (χ0v) is 9.41. The van der Waals surface area contributed by atoms with Crippen LogP contribution in [-0.4, -0.2) is 13.7 Å². The molecule has 72 valence electrons. The summed E-state index contributed by atoms with van der Waals surface area (Å²) in [4.78, 5) is 0. The van der Waals surface area contributed by atoms with Gasteiger partial charge in [-0.2, -0.15) is 0 Å². The minimum absolute atomic E-state index is 0.656. The molecule has 0 fully saturated rings. The Labute approximate surface area is 81.4 Å². The van der Waals surface area contributed by atoms with E-state index in [0.717, 1.165) is 16.8 Å². The molecule has 1 rings (SSSR count). The van der Waals surface area contributed by atoms with Crippen LogP contribution >= 0.6 is 9.24 Å². The molecule has 0 heterocycles. The van der Waals surface area contributed by atoms with Gasteiger partial charge in [0.05, 0.1) is 13.7 Å². The minimum Gasteiger partial charge on any atom is -0.493 e. The number of rotatable bonds is 3. The highest BCUT2D eigenvalue weighted by Crippen LogP contribution is 2.27. The van der Waals surface area contributed by atoms with Gasteiger partial charge in [0.15, 0.2) is 11.5 Å². The third-order valence-electron chi connectivity index (χ3n) is 1.85. The predicted molar refractivity (Wildman–Crippen MR) is 58.2 cm³/mol. The van der Waals surface area contributed by atoms with Gasteiger partial charge in [0.2, 0.25) is 0 Å². The summed E-state index contributed by atoms with van der Waals surface area (Å²) in [6, 6.07) is 3.95. The second-order valence-corrected chi connectivity index (χ2v) is 3.41. The van der Waals surface area contributed by atoms with Gasteiger partial charge in [-0.1, -0.05) is 0 Å². The van der Waals surface area contributed by atoms with Gasteiger partial charge in [-0.15, -0.1) is 9.24 Å². The molecule has 1 atom stereocenters. The van der Waals surface area contributed by atoms with Gasteiger partial charge in [0.1, 0.15) is 0 Å². The first kappa shape index (κ1) is 10.3. The van der Waals surface area contributed by atoms with Gasteiger partial charge in [-0.3, -0.25) is 0 Å². The van der Waals surface area contributed by atoms with Gasteiger partial charge < -0.3 is 9.47 Å². The van der Waals surface area contributed by atoms with Crippen molar-refractivity contribution < 1.29 is 9.47 Å². The number of hydrogen-bond donors (Lipinski definition) is 0. The largest absolute Gasteiger partial charge is 0.493 e. The summed E-state index contributed by atoms with van der Waals surface area (Å²) in [7, 11) is 4.33. The second kappa shape index (κ2) is 4.48. The van der Waals surface area contributed by atoms with Crippen molar-refractivity contribution in [3.63, 3.8) is 0 Å². The lowest BCUT2D eigenvalue weighted by atomic mass is 10.2. The first-order valence-corrected chi connectivity index (χ1v) is 4.83. The van der Waals surface area contributed by atoms with Crippen LogP contribution in [0.3, 0.4) is 0 Å². The van der Waals surface area contributed by atoms with Crippen LogP contribution in [0.4, 0.5) is 0 Å². The summed E-state index contributed by atoms with van der Waals surface area (Å²) >= 11 is 0. The lowest BCUT2D eigenvalue weighted by Crippen LogP contribution is -2.02. The Balaban J connectivity index is 3.09. The Morgan fingerprint density at radius 1 is 1.31 bits per heavy atom. The van der Waals surface area contributed by atoms with Crippen LogP contribution in [0.5, 0.6) is 11.5 Å². The van der Waals surface area contributed by atoms with Gasteiger partial charge in [-0.05, 0) is 36.8 Å². The molecule has 0 spiro atoms. The van der Waals surface area contributed by atoms with Crippen molar-refractivity contribution in [2.45, 2.75) is 13.8 Å². The molecule has 0 radical (unpaired) electrons. The van der Waals surface area contributed by atoms with Crippen LogP contribution in [0.1, 0.15) is 12.5 Å². The molecule has 3 heteroatoms. The summed E-state index contributed by atoms with van der Waals surface area (Å²) in [5.74, 6) is 1.60.